The van der Waals surface area contributed by atoms with Crippen LogP contribution in [0.15, 0.2) is 16.2 Å². The summed E-state index contributed by atoms with van der Waals surface area (Å²) in [5.41, 5.74) is 3.56. The van der Waals surface area contributed by atoms with Crippen LogP contribution in [0.5, 0.6) is 0 Å². The molecule has 0 spiro atoms. The summed E-state index contributed by atoms with van der Waals surface area (Å²) >= 11 is 0. The summed E-state index contributed by atoms with van der Waals surface area (Å²) in [6, 6.07) is 0. The first-order chi connectivity index (χ1) is 11.7. The molecule has 1 aromatic heterocycles. The highest BCUT2D eigenvalue weighted by Gasteiger charge is 2.61. The van der Waals surface area contributed by atoms with E-state index in [1.54, 1.807) is 0 Å². The van der Waals surface area contributed by atoms with Crippen molar-refractivity contribution in [3.05, 3.63) is 28.7 Å². The number of aryl methyl sites for hydroxylation is 2. The lowest BCUT2D eigenvalue weighted by Gasteiger charge is -2.35. The van der Waals surface area contributed by atoms with Crippen LogP contribution < -0.4 is 0 Å². The predicted molar refractivity (Wildman–Crippen MR) is 98.0 cm³/mol. The summed E-state index contributed by atoms with van der Waals surface area (Å²) in [7, 11) is 0. The molecule has 2 aliphatic rings. The van der Waals surface area contributed by atoms with Crippen LogP contribution in [0.2, 0.25) is 0 Å². The van der Waals surface area contributed by atoms with Gasteiger partial charge in [-0.3, -0.25) is 9.69 Å². The molecule has 0 unspecified atom stereocenters. The van der Waals surface area contributed by atoms with Crippen molar-refractivity contribution in [1.82, 2.24) is 15.0 Å². The molecule has 1 aliphatic carbocycles. The molecule has 5 nitrogen and oxygen atoms in total. The van der Waals surface area contributed by atoms with Crippen molar-refractivity contribution >= 4 is 5.91 Å². The maximum absolute atomic E-state index is 13.0. The Kier molecular flexibility index (Phi) is 4.80. The molecule has 1 amide bonds. The van der Waals surface area contributed by atoms with E-state index in [0.29, 0.717) is 11.8 Å². The molecule has 25 heavy (non-hydrogen) atoms. The normalized spacial score (nSPS) is 25.8. The van der Waals surface area contributed by atoms with E-state index in [0.717, 1.165) is 44.2 Å². The number of carbonyl (C=O) groups is 1. The number of carbonyl (C=O) groups excluding carboxylic acids is 1. The lowest BCUT2D eigenvalue weighted by atomic mass is 10.1. The quantitative estimate of drug-likeness (QED) is 0.787. The second-order valence-corrected chi connectivity index (χ2v) is 8.47. The molecule has 0 bridgehead atoms. The van der Waals surface area contributed by atoms with E-state index in [9.17, 15) is 4.79 Å². The number of hydrogen-bond donors (Lipinski definition) is 0. The molecule has 2 atom stereocenters. The highest BCUT2D eigenvalue weighted by molar-refractivity contribution is 5.84. The second kappa shape index (κ2) is 6.60. The molecule has 1 aromatic rings. The van der Waals surface area contributed by atoms with E-state index in [-0.39, 0.29) is 11.3 Å². The van der Waals surface area contributed by atoms with Crippen LogP contribution in [0.1, 0.15) is 44.7 Å². The molecule has 0 N–H and O–H groups in total. The van der Waals surface area contributed by atoms with Gasteiger partial charge in [-0.2, -0.15) is 0 Å². The summed E-state index contributed by atoms with van der Waals surface area (Å²) in [5.74, 6) is 1.78. The van der Waals surface area contributed by atoms with Crippen molar-refractivity contribution in [1.29, 1.82) is 0 Å². The monoisotopic (exact) mass is 345 g/mol. The van der Waals surface area contributed by atoms with Crippen LogP contribution in [0.25, 0.3) is 0 Å². The number of nitrogens with zero attached hydrogens (tertiary/aromatic N) is 3. The first kappa shape index (κ1) is 18.2. The zero-order chi connectivity index (χ0) is 18.4. The molecule has 3 rings (SSSR count). The Balaban J connectivity index is 1.56. The fourth-order valence-corrected chi connectivity index (χ4v) is 4.09. The minimum absolute atomic E-state index is 0.0994. The minimum atomic E-state index is 0.0994. The summed E-state index contributed by atoms with van der Waals surface area (Å²) in [4.78, 5) is 17.4. The Hall–Kier alpha value is -1.62. The van der Waals surface area contributed by atoms with Crippen LogP contribution in [0, 0.1) is 31.1 Å². The third kappa shape index (κ3) is 3.52. The molecule has 1 saturated heterocycles. The summed E-state index contributed by atoms with van der Waals surface area (Å²) in [6.07, 6.45) is 2.27. The van der Waals surface area contributed by atoms with Crippen molar-refractivity contribution in [2.24, 2.45) is 17.3 Å². The third-order valence-electron chi connectivity index (χ3n) is 5.94. The molecular weight excluding hydrogens is 314 g/mol. The van der Waals surface area contributed by atoms with E-state index in [4.69, 9.17) is 4.52 Å². The van der Waals surface area contributed by atoms with Gasteiger partial charge in [0.1, 0.15) is 5.76 Å². The Morgan fingerprint density at radius 1 is 1.24 bits per heavy atom. The Morgan fingerprint density at radius 2 is 1.88 bits per heavy atom. The molecule has 0 radical (unpaired) electrons. The molecular formula is C20H31N3O2. The number of allylic oxidation sites excluding steroid dienone is 2. The van der Waals surface area contributed by atoms with Gasteiger partial charge >= 0.3 is 0 Å². The number of amides is 1. The standard InChI is InChI=1S/C20H31N3O2/c1-13(2)11-17-18(20(17,5)6)19(24)23-9-7-22(8-10-23)12-16-14(3)21-25-15(16)4/h11,17-18H,7-10,12H2,1-6H3/t17-,18-/m0/s1. The number of rotatable bonds is 4. The van der Waals surface area contributed by atoms with Gasteiger partial charge in [0, 0.05) is 38.3 Å². The molecule has 1 aliphatic heterocycles. The van der Waals surface area contributed by atoms with Gasteiger partial charge in [0.05, 0.1) is 11.6 Å². The molecule has 1 saturated carbocycles. The Morgan fingerprint density at radius 3 is 2.40 bits per heavy atom. The van der Waals surface area contributed by atoms with Gasteiger partial charge in [-0.15, -0.1) is 0 Å². The zero-order valence-corrected chi connectivity index (χ0v) is 16.4. The second-order valence-electron chi connectivity index (χ2n) is 8.47. The molecule has 2 fully saturated rings. The Labute approximate surface area is 151 Å². The van der Waals surface area contributed by atoms with Crippen molar-refractivity contribution in [3.63, 3.8) is 0 Å². The van der Waals surface area contributed by atoms with E-state index in [2.05, 4.69) is 48.7 Å². The average Bonchev–Trinajstić information content (AvgIpc) is 2.93. The average molecular weight is 345 g/mol. The van der Waals surface area contributed by atoms with Gasteiger partial charge in [-0.05, 0) is 39.0 Å². The van der Waals surface area contributed by atoms with E-state index >= 15 is 0 Å². The van der Waals surface area contributed by atoms with Gasteiger partial charge in [-0.25, -0.2) is 0 Å². The van der Waals surface area contributed by atoms with Crippen LogP contribution in [0.3, 0.4) is 0 Å². The first-order valence-corrected chi connectivity index (χ1v) is 9.29. The molecule has 5 heteroatoms. The summed E-state index contributed by atoms with van der Waals surface area (Å²) in [5, 5.41) is 4.03. The van der Waals surface area contributed by atoms with E-state index in [1.165, 1.54) is 11.1 Å². The largest absolute Gasteiger partial charge is 0.361 e. The van der Waals surface area contributed by atoms with Crippen LogP contribution in [-0.2, 0) is 11.3 Å². The SMILES string of the molecule is CC(C)=C[C@H]1[C@@H](C(=O)N2CCN(Cc3c(C)noc3C)CC2)C1(C)C. The molecule has 138 valence electrons. The van der Waals surface area contributed by atoms with Gasteiger partial charge in [-0.1, -0.05) is 30.7 Å². The van der Waals surface area contributed by atoms with Crippen molar-refractivity contribution in [2.75, 3.05) is 26.2 Å². The van der Waals surface area contributed by atoms with Crippen LogP contribution >= 0.6 is 0 Å². The van der Waals surface area contributed by atoms with Crippen molar-refractivity contribution < 1.29 is 9.32 Å². The highest BCUT2D eigenvalue weighted by Crippen LogP contribution is 2.60. The molecule has 0 aromatic carbocycles. The van der Waals surface area contributed by atoms with Gasteiger partial charge in [0.25, 0.3) is 0 Å². The fourth-order valence-electron chi connectivity index (χ4n) is 4.09. The maximum Gasteiger partial charge on any atom is 0.226 e. The number of hydrogen-bond acceptors (Lipinski definition) is 4. The van der Waals surface area contributed by atoms with Crippen molar-refractivity contribution in [3.8, 4) is 0 Å². The maximum atomic E-state index is 13.0. The third-order valence-corrected chi connectivity index (χ3v) is 5.94. The van der Waals surface area contributed by atoms with Crippen LogP contribution in [0.4, 0.5) is 0 Å². The fraction of sp³-hybridized carbons (Fsp3) is 0.700. The highest BCUT2D eigenvalue weighted by atomic mass is 16.5. The van der Waals surface area contributed by atoms with Gasteiger partial charge in [0.15, 0.2) is 0 Å². The van der Waals surface area contributed by atoms with Crippen molar-refractivity contribution in [2.45, 2.75) is 48.1 Å². The Bertz CT molecular complexity index is 658. The topological polar surface area (TPSA) is 49.6 Å². The van der Waals surface area contributed by atoms with Gasteiger partial charge < -0.3 is 9.42 Å². The van der Waals surface area contributed by atoms with E-state index < -0.39 is 0 Å². The summed E-state index contributed by atoms with van der Waals surface area (Å²) < 4.78 is 5.26. The minimum Gasteiger partial charge on any atom is -0.361 e. The molecule has 2 heterocycles. The lowest BCUT2D eigenvalue weighted by molar-refractivity contribution is -0.135. The number of piperazine rings is 1. The van der Waals surface area contributed by atoms with Gasteiger partial charge in [0.2, 0.25) is 5.91 Å². The smallest absolute Gasteiger partial charge is 0.226 e. The van der Waals surface area contributed by atoms with E-state index in [1.807, 2.05) is 13.8 Å². The first-order valence-electron chi connectivity index (χ1n) is 9.29. The predicted octanol–water partition coefficient (Wildman–Crippen LogP) is 3.17. The zero-order valence-electron chi connectivity index (χ0n) is 16.4. The summed E-state index contributed by atoms with van der Waals surface area (Å²) in [6.45, 7) is 16.9. The van der Waals surface area contributed by atoms with Crippen LogP contribution in [-0.4, -0.2) is 47.0 Å². The lowest BCUT2D eigenvalue weighted by Crippen LogP contribution is -2.49. The number of aromatic nitrogens is 1.